The number of aliphatic carboxylic acids is 1. The third kappa shape index (κ3) is 8.50. The second-order valence-corrected chi connectivity index (χ2v) is 7.83. The van der Waals surface area contributed by atoms with Crippen molar-refractivity contribution in [3.05, 3.63) is 0 Å². The first-order valence-electron chi connectivity index (χ1n) is 9.68. The van der Waals surface area contributed by atoms with Gasteiger partial charge in [0.25, 0.3) is 0 Å². The molecular formula is C19H26ClNO12. The van der Waals surface area contributed by atoms with Crippen LogP contribution in [0, 0.1) is 0 Å². The van der Waals surface area contributed by atoms with Crippen LogP contribution >= 0.6 is 11.6 Å². The van der Waals surface area contributed by atoms with Gasteiger partial charge >= 0.3 is 29.8 Å². The SMILES string of the molecule is CC(=O)N[C@H]1[C@H]([C@H](OC(C)=O)[C@@H](COC(C)=O)OC(C)=O)O[C@](Cl)(C(=O)O)C[C@@H]1OC(C)=O. The maximum absolute atomic E-state index is 11.9. The molecule has 1 aliphatic rings. The highest BCUT2D eigenvalue weighted by Crippen LogP contribution is 2.37. The van der Waals surface area contributed by atoms with Gasteiger partial charge in [0.2, 0.25) is 11.0 Å². The Hall–Kier alpha value is -2.93. The van der Waals surface area contributed by atoms with Crippen molar-refractivity contribution < 1.29 is 57.6 Å². The number of ether oxygens (including phenoxy) is 5. The number of carbonyl (C=O) groups is 6. The second-order valence-electron chi connectivity index (χ2n) is 7.22. The van der Waals surface area contributed by atoms with Crippen molar-refractivity contribution >= 4 is 47.4 Å². The molecule has 0 aromatic rings. The molecule has 0 radical (unpaired) electrons. The lowest BCUT2D eigenvalue weighted by Crippen LogP contribution is -2.67. The molecule has 33 heavy (non-hydrogen) atoms. The van der Waals surface area contributed by atoms with Crippen molar-refractivity contribution in [3.63, 3.8) is 0 Å². The van der Waals surface area contributed by atoms with Crippen molar-refractivity contribution in [1.29, 1.82) is 0 Å². The molecule has 1 heterocycles. The summed E-state index contributed by atoms with van der Waals surface area (Å²) in [4.78, 5) is 70.2. The zero-order valence-corrected chi connectivity index (χ0v) is 19.4. The molecule has 0 aliphatic carbocycles. The molecule has 0 bridgehead atoms. The van der Waals surface area contributed by atoms with Crippen molar-refractivity contribution in [2.24, 2.45) is 0 Å². The zero-order valence-electron chi connectivity index (χ0n) is 18.6. The number of amides is 1. The van der Waals surface area contributed by atoms with Crippen LogP contribution in [0.15, 0.2) is 0 Å². The van der Waals surface area contributed by atoms with E-state index in [-0.39, 0.29) is 0 Å². The van der Waals surface area contributed by atoms with Crippen LogP contribution in [0.4, 0.5) is 0 Å². The van der Waals surface area contributed by atoms with Gasteiger partial charge in [0.15, 0.2) is 12.2 Å². The van der Waals surface area contributed by atoms with Crippen molar-refractivity contribution in [2.45, 2.75) is 76.6 Å². The maximum atomic E-state index is 11.9. The molecule has 0 aromatic carbocycles. The minimum Gasteiger partial charge on any atom is -0.478 e. The minimum absolute atomic E-state index is 0.583. The fourth-order valence-corrected chi connectivity index (χ4v) is 3.49. The van der Waals surface area contributed by atoms with E-state index in [4.69, 9.17) is 35.3 Å². The summed E-state index contributed by atoms with van der Waals surface area (Å²) in [6.07, 6.45) is -6.69. The first-order chi connectivity index (χ1) is 15.2. The summed E-state index contributed by atoms with van der Waals surface area (Å²) < 4.78 is 26.0. The van der Waals surface area contributed by atoms with Crippen LogP contribution in [0.1, 0.15) is 41.0 Å². The molecule has 0 spiro atoms. The number of esters is 4. The van der Waals surface area contributed by atoms with Crippen LogP contribution in [0.25, 0.3) is 0 Å². The summed E-state index contributed by atoms with van der Waals surface area (Å²) in [7, 11) is 0. The standard InChI is InChI=1S/C19H26ClNO12/c1-8(22)21-15-13(30-10(3)24)6-19(20,18(27)28)33-17(15)16(32-12(5)26)14(31-11(4)25)7-29-9(2)23/h13-17H,6-7H2,1-5H3,(H,21,22)(H,27,28)/t13-,14+,15+,16+,17+,19-/m0/s1. The highest BCUT2D eigenvalue weighted by molar-refractivity contribution is 6.32. The van der Waals surface area contributed by atoms with E-state index in [1.54, 1.807) is 0 Å². The van der Waals surface area contributed by atoms with Gasteiger partial charge in [0.05, 0.1) is 6.04 Å². The van der Waals surface area contributed by atoms with Gasteiger partial charge in [-0.25, -0.2) is 4.79 Å². The number of hydrogen-bond donors (Lipinski definition) is 2. The maximum Gasteiger partial charge on any atom is 0.352 e. The minimum atomic E-state index is -2.47. The fraction of sp³-hybridized carbons (Fsp3) is 0.684. The van der Waals surface area contributed by atoms with E-state index in [1.165, 1.54) is 0 Å². The number of carboxylic acid groups (broad SMARTS) is 1. The number of rotatable bonds is 9. The predicted octanol–water partition coefficient (Wildman–Crippen LogP) is -0.342. The first kappa shape index (κ1) is 28.1. The van der Waals surface area contributed by atoms with Gasteiger partial charge in [-0.2, -0.15) is 0 Å². The Morgan fingerprint density at radius 2 is 1.58 bits per heavy atom. The van der Waals surface area contributed by atoms with Gasteiger partial charge in [-0.3, -0.25) is 24.0 Å². The molecular weight excluding hydrogens is 470 g/mol. The number of carbonyl (C=O) groups excluding carboxylic acids is 5. The molecule has 6 atom stereocenters. The third-order valence-electron chi connectivity index (χ3n) is 4.31. The molecule has 186 valence electrons. The molecule has 14 heteroatoms. The molecule has 1 saturated heterocycles. The largest absolute Gasteiger partial charge is 0.478 e. The highest BCUT2D eigenvalue weighted by Gasteiger charge is 2.57. The zero-order chi connectivity index (χ0) is 25.5. The quantitative estimate of drug-likeness (QED) is 0.241. The van der Waals surface area contributed by atoms with Gasteiger partial charge in [0, 0.05) is 41.0 Å². The van der Waals surface area contributed by atoms with E-state index in [9.17, 15) is 33.9 Å². The van der Waals surface area contributed by atoms with Crippen molar-refractivity contribution in [3.8, 4) is 0 Å². The summed E-state index contributed by atoms with van der Waals surface area (Å²) in [5, 5.41) is 9.60. The summed E-state index contributed by atoms with van der Waals surface area (Å²) in [6.45, 7) is 4.69. The van der Waals surface area contributed by atoms with Crippen LogP contribution in [-0.2, 0) is 52.5 Å². The van der Waals surface area contributed by atoms with Crippen LogP contribution in [-0.4, -0.2) is 83.0 Å². The number of alkyl halides is 1. The average molecular weight is 496 g/mol. The van der Waals surface area contributed by atoms with E-state index in [0.717, 1.165) is 34.6 Å². The highest BCUT2D eigenvalue weighted by atomic mass is 35.5. The third-order valence-corrected chi connectivity index (χ3v) is 4.71. The van der Waals surface area contributed by atoms with Crippen LogP contribution in [0.3, 0.4) is 0 Å². The molecule has 13 nitrogen and oxygen atoms in total. The molecule has 0 unspecified atom stereocenters. The number of carboxylic acids is 1. The van der Waals surface area contributed by atoms with Gasteiger partial charge in [0.1, 0.15) is 18.8 Å². The van der Waals surface area contributed by atoms with Gasteiger partial charge < -0.3 is 34.1 Å². The fourth-order valence-electron chi connectivity index (χ4n) is 3.24. The normalized spacial score (nSPS) is 26.2. The van der Waals surface area contributed by atoms with E-state index in [0.29, 0.717) is 0 Å². The second kappa shape index (κ2) is 11.8. The molecule has 1 rings (SSSR count). The number of nitrogens with one attached hydrogen (secondary N) is 1. The molecule has 1 aliphatic heterocycles. The van der Waals surface area contributed by atoms with E-state index < -0.39 is 84.3 Å². The van der Waals surface area contributed by atoms with Crippen LogP contribution < -0.4 is 5.32 Å². The summed E-state index contributed by atoms with van der Waals surface area (Å²) in [6, 6.07) is -1.29. The molecule has 2 N–H and O–H groups in total. The Morgan fingerprint density at radius 1 is 1.00 bits per heavy atom. The summed E-state index contributed by atoms with van der Waals surface area (Å²) >= 11 is 6.14. The first-order valence-corrected chi connectivity index (χ1v) is 10.1. The Balaban J connectivity index is 3.60. The number of halogens is 1. The van der Waals surface area contributed by atoms with Gasteiger partial charge in [-0.05, 0) is 0 Å². The molecule has 1 amide bonds. The lowest BCUT2D eigenvalue weighted by Gasteiger charge is -2.46. The summed E-state index contributed by atoms with van der Waals surface area (Å²) in [5.41, 5.74) is 0. The van der Waals surface area contributed by atoms with E-state index >= 15 is 0 Å². The predicted molar refractivity (Wildman–Crippen MR) is 107 cm³/mol. The van der Waals surface area contributed by atoms with E-state index in [2.05, 4.69) is 5.32 Å². The Bertz CT molecular complexity index is 802. The van der Waals surface area contributed by atoms with Gasteiger partial charge in [-0.1, -0.05) is 11.6 Å². The van der Waals surface area contributed by atoms with Gasteiger partial charge in [-0.15, -0.1) is 0 Å². The monoisotopic (exact) mass is 495 g/mol. The Kier molecular flexibility index (Phi) is 10.0. The number of hydrogen-bond acceptors (Lipinski definition) is 11. The van der Waals surface area contributed by atoms with E-state index in [1.807, 2.05) is 0 Å². The molecule has 0 saturated carbocycles. The lowest BCUT2D eigenvalue weighted by molar-refractivity contribution is -0.224. The Morgan fingerprint density at radius 3 is 2.00 bits per heavy atom. The molecule has 1 fully saturated rings. The smallest absolute Gasteiger partial charge is 0.352 e. The molecule has 0 aromatic heterocycles. The van der Waals surface area contributed by atoms with Crippen molar-refractivity contribution in [1.82, 2.24) is 5.32 Å². The topological polar surface area (TPSA) is 181 Å². The summed E-state index contributed by atoms with van der Waals surface area (Å²) in [5.74, 6) is -5.63. The van der Waals surface area contributed by atoms with Crippen molar-refractivity contribution in [2.75, 3.05) is 6.61 Å². The van der Waals surface area contributed by atoms with Crippen LogP contribution in [0.5, 0.6) is 0 Å². The Labute approximate surface area is 193 Å². The van der Waals surface area contributed by atoms with Crippen LogP contribution in [0.2, 0.25) is 0 Å². The lowest BCUT2D eigenvalue weighted by atomic mass is 9.89. The average Bonchev–Trinajstić information content (AvgIpc) is 2.64.